The number of rotatable bonds is 6. The minimum atomic E-state index is -3.82. The summed E-state index contributed by atoms with van der Waals surface area (Å²) in [6.45, 7) is 3.57. The number of nitrogens with zero attached hydrogens (tertiary/aromatic N) is 2. The Morgan fingerprint density at radius 2 is 2.03 bits per heavy atom. The average Bonchev–Trinajstić information content (AvgIpc) is 3.42. The topological polar surface area (TPSA) is 92.5 Å². The number of sulfonamides is 1. The van der Waals surface area contributed by atoms with E-state index >= 15 is 0 Å². The molecule has 4 rings (SSSR count). The number of hydrogen-bond acceptors (Lipinski definition) is 6. The van der Waals surface area contributed by atoms with Crippen LogP contribution >= 0.6 is 11.3 Å². The summed E-state index contributed by atoms with van der Waals surface area (Å²) in [6, 6.07) is 9.39. The number of nitrogens with one attached hydrogen (secondary N) is 1. The number of aryl methyl sites for hydroxylation is 2. The van der Waals surface area contributed by atoms with Crippen molar-refractivity contribution in [2.45, 2.75) is 37.6 Å². The number of carbonyl (C=O) groups excluding carboxylic acids is 1. The lowest BCUT2D eigenvalue weighted by molar-refractivity contribution is -0.126. The average molecular weight is 478 g/mol. The molecule has 2 aromatic heterocycles. The molecule has 1 aromatic carbocycles. The van der Waals surface area contributed by atoms with Crippen molar-refractivity contribution in [1.82, 2.24) is 14.8 Å². The van der Waals surface area contributed by atoms with E-state index in [-0.39, 0.29) is 28.9 Å². The maximum absolute atomic E-state index is 13.4. The van der Waals surface area contributed by atoms with Crippen LogP contribution in [0.1, 0.15) is 40.8 Å². The zero-order chi connectivity index (χ0) is 22.9. The second-order valence-corrected chi connectivity index (χ2v) is 10.7. The van der Waals surface area contributed by atoms with Crippen LogP contribution < -0.4 is 5.32 Å². The van der Waals surface area contributed by atoms with Crippen LogP contribution in [0.15, 0.2) is 51.2 Å². The quantitative estimate of drug-likeness (QED) is 0.583. The summed E-state index contributed by atoms with van der Waals surface area (Å²) in [6.07, 6.45) is 1.15. The Morgan fingerprint density at radius 3 is 2.66 bits per heavy atom. The molecule has 0 bridgehead atoms. The van der Waals surface area contributed by atoms with E-state index in [2.05, 4.69) is 10.5 Å². The predicted octanol–water partition coefficient (Wildman–Crippen LogP) is 3.80. The van der Waals surface area contributed by atoms with Crippen LogP contribution in [0.4, 0.5) is 4.39 Å². The van der Waals surface area contributed by atoms with Gasteiger partial charge in [0.15, 0.2) is 5.76 Å². The van der Waals surface area contributed by atoms with Crippen LogP contribution in [-0.4, -0.2) is 36.9 Å². The Hall–Kier alpha value is -2.56. The van der Waals surface area contributed by atoms with Crippen LogP contribution in [0, 0.1) is 25.6 Å². The fourth-order valence-corrected chi connectivity index (χ4v) is 6.65. The first-order valence-electron chi connectivity index (χ1n) is 10.3. The Balaban J connectivity index is 1.54. The van der Waals surface area contributed by atoms with Gasteiger partial charge in [-0.3, -0.25) is 4.79 Å². The lowest BCUT2D eigenvalue weighted by Gasteiger charge is -2.32. The normalized spacial score (nSPS) is 18.4. The van der Waals surface area contributed by atoms with Gasteiger partial charge < -0.3 is 9.84 Å². The van der Waals surface area contributed by atoms with E-state index in [9.17, 15) is 17.6 Å². The standard InChI is InChI=1S/C22H24FN3O4S2/c1-14-21(15(2)30-25-14)32(28,29)26-11-3-5-17(13-26)22(27)24-20(19-6-4-12-31-19)16-7-9-18(23)10-8-16/h4,6-10,12,17,20H,3,5,11,13H2,1-2H3,(H,24,27). The molecule has 1 aliphatic heterocycles. The van der Waals surface area contributed by atoms with Gasteiger partial charge in [0, 0.05) is 18.0 Å². The van der Waals surface area contributed by atoms with E-state index in [1.54, 1.807) is 26.0 Å². The van der Waals surface area contributed by atoms with Crippen LogP contribution in [0.25, 0.3) is 0 Å². The number of piperidine rings is 1. The molecule has 3 heterocycles. The zero-order valence-electron chi connectivity index (χ0n) is 17.7. The molecule has 0 aliphatic carbocycles. The van der Waals surface area contributed by atoms with Gasteiger partial charge in [-0.2, -0.15) is 4.31 Å². The van der Waals surface area contributed by atoms with Crippen LogP contribution in [0.5, 0.6) is 0 Å². The molecule has 170 valence electrons. The zero-order valence-corrected chi connectivity index (χ0v) is 19.4. The van der Waals surface area contributed by atoms with Gasteiger partial charge in [0.05, 0.1) is 12.0 Å². The van der Waals surface area contributed by atoms with Gasteiger partial charge in [0.2, 0.25) is 15.9 Å². The SMILES string of the molecule is Cc1noc(C)c1S(=O)(=O)N1CCCC(C(=O)NC(c2ccc(F)cc2)c2cccs2)C1. The molecule has 1 saturated heterocycles. The molecule has 3 aromatic rings. The van der Waals surface area contributed by atoms with E-state index in [0.29, 0.717) is 25.1 Å². The fraction of sp³-hybridized carbons (Fsp3) is 0.364. The van der Waals surface area contributed by atoms with Crippen molar-refractivity contribution < 1.29 is 22.1 Å². The molecule has 1 N–H and O–H groups in total. The van der Waals surface area contributed by atoms with Crippen LogP contribution in [0.2, 0.25) is 0 Å². The first-order valence-corrected chi connectivity index (χ1v) is 12.6. The Bertz CT molecular complexity index is 1170. The first kappa shape index (κ1) is 22.6. The highest BCUT2D eigenvalue weighted by atomic mass is 32.2. The molecule has 2 atom stereocenters. The first-order chi connectivity index (χ1) is 15.3. The Kier molecular flexibility index (Phi) is 6.45. The van der Waals surface area contributed by atoms with Crippen molar-refractivity contribution in [3.05, 3.63) is 69.5 Å². The van der Waals surface area contributed by atoms with Crippen molar-refractivity contribution in [3.8, 4) is 0 Å². The van der Waals surface area contributed by atoms with Crippen molar-refractivity contribution in [2.75, 3.05) is 13.1 Å². The second kappa shape index (κ2) is 9.13. The number of hydrogen-bond donors (Lipinski definition) is 1. The predicted molar refractivity (Wildman–Crippen MR) is 118 cm³/mol. The van der Waals surface area contributed by atoms with Crippen LogP contribution in [0.3, 0.4) is 0 Å². The third kappa shape index (κ3) is 4.48. The lowest BCUT2D eigenvalue weighted by Crippen LogP contribution is -2.46. The van der Waals surface area contributed by atoms with Gasteiger partial charge >= 0.3 is 0 Å². The summed E-state index contributed by atoms with van der Waals surface area (Å²) >= 11 is 1.49. The van der Waals surface area contributed by atoms with Crippen molar-refractivity contribution in [2.24, 2.45) is 5.92 Å². The molecular weight excluding hydrogens is 453 g/mol. The van der Waals surface area contributed by atoms with E-state index in [0.717, 1.165) is 10.4 Å². The van der Waals surface area contributed by atoms with Crippen molar-refractivity contribution >= 4 is 27.3 Å². The van der Waals surface area contributed by atoms with Crippen molar-refractivity contribution in [1.29, 1.82) is 0 Å². The van der Waals surface area contributed by atoms with E-state index in [4.69, 9.17) is 4.52 Å². The third-order valence-corrected chi connectivity index (χ3v) is 8.69. The summed E-state index contributed by atoms with van der Waals surface area (Å²) in [4.78, 5) is 14.2. The summed E-state index contributed by atoms with van der Waals surface area (Å²) in [5.74, 6) is -0.839. The molecule has 0 radical (unpaired) electrons. The number of amides is 1. The summed E-state index contributed by atoms with van der Waals surface area (Å²) in [5.41, 5.74) is 1.07. The maximum atomic E-state index is 13.4. The molecular formula is C22H24FN3O4S2. The van der Waals surface area contributed by atoms with Gasteiger partial charge in [-0.1, -0.05) is 23.4 Å². The highest BCUT2D eigenvalue weighted by molar-refractivity contribution is 7.89. The highest BCUT2D eigenvalue weighted by Gasteiger charge is 2.37. The smallest absolute Gasteiger partial charge is 0.248 e. The molecule has 1 amide bonds. The monoisotopic (exact) mass is 477 g/mol. The molecule has 1 fully saturated rings. The molecule has 2 unspecified atom stereocenters. The van der Waals surface area contributed by atoms with E-state index in [1.165, 1.54) is 27.8 Å². The minimum absolute atomic E-state index is 0.0707. The third-order valence-electron chi connectivity index (χ3n) is 5.64. The number of carbonyl (C=O) groups is 1. The van der Waals surface area contributed by atoms with Gasteiger partial charge in [-0.05, 0) is 55.8 Å². The molecule has 10 heteroatoms. The van der Waals surface area contributed by atoms with E-state index in [1.807, 2.05) is 17.5 Å². The molecule has 1 aliphatic rings. The number of aromatic nitrogens is 1. The molecule has 0 spiro atoms. The fourth-order valence-electron chi connectivity index (χ4n) is 4.04. The molecule has 0 saturated carbocycles. The summed E-state index contributed by atoms with van der Waals surface area (Å²) < 4.78 is 46.2. The van der Waals surface area contributed by atoms with Crippen LogP contribution in [-0.2, 0) is 14.8 Å². The van der Waals surface area contributed by atoms with Gasteiger partial charge in [0.25, 0.3) is 0 Å². The second-order valence-electron chi connectivity index (χ2n) is 7.86. The minimum Gasteiger partial charge on any atom is -0.360 e. The molecule has 32 heavy (non-hydrogen) atoms. The largest absolute Gasteiger partial charge is 0.360 e. The van der Waals surface area contributed by atoms with Gasteiger partial charge in [0.1, 0.15) is 16.4 Å². The number of benzene rings is 1. The summed E-state index contributed by atoms with van der Waals surface area (Å²) in [5, 5.41) is 8.72. The Labute approximate surface area is 190 Å². The van der Waals surface area contributed by atoms with Gasteiger partial charge in [-0.25, -0.2) is 12.8 Å². The highest BCUT2D eigenvalue weighted by Crippen LogP contribution is 2.30. The Morgan fingerprint density at radius 1 is 1.28 bits per heavy atom. The van der Waals surface area contributed by atoms with Crippen molar-refractivity contribution in [3.63, 3.8) is 0 Å². The van der Waals surface area contributed by atoms with Gasteiger partial charge in [-0.15, -0.1) is 11.3 Å². The lowest BCUT2D eigenvalue weighted by atomic mass is 9.97. The maximum Gasteiger partial charge on any atom is 0.248 e. The molecule has 7 nitrogen and oxygen atoms in total. The summed E-state index contributed by atoms with van der Waals surface area (Å²) in [7, 11) is -3.82. The number of thiophene rings is 1. The van der Waals surface area contributed by atoms with E-state index < -0.39 is 22.0 Å². The number of halogens is 1.